The lowest BCUT2D eigenvalue weighted by Crippen LogP contribution is -2.80. The van der Waals surface area contributed by atoms with Gasteiger partial charge in [0.05, 0.1) is 18.4 Å². The van der Waals surface area contributed by atoms with Gasteiger partial charge in [0.25, 0.3) is 5.91 Å². The van der Waals surface area contributed by atoms with E-state index in [0.717, 1.165) is 23.8 Å². The number of nitrogens with zero attached hydrogens (tertiary/aromatic N) is 1. The molecular weight excluding hydrogens is 600 g/mol. The Bertz CT molecular complexity index is 1500. The third-order valence-corrected chi connectivity index (χ3v) is 8.89. The van der Waals surface area contributed by atoms with Crippen LogP contribution in [-0.2, 0) is 48.6 Å². The minimum atomic E-state index is -4.73. The van der Waals surface area contributed by atoms with E-state index in [1.54, 1.807) is 0 Å². The number of thioether (sulfide) groups is 1. The van der Waals surface area contributed by atoms with Crippen molar-refractivity contribution in [1.82, 2.24) is 4.90 Å². The number of ether oxygens (including phenoxy) is 3. The van der Waals surface area contributed by atoms with Crippen molar-refractivity contribution in [2.75, 3.05) is 20.8 Å². The van der Waals surface area contributed by atoms with Gasteiger partial charge in [0.2, 0.25) is 11.4 Å². The Kier molecular flexibility index (Phi) is 8.79. The maximum Gasteiger partial charge on any atom is 0.446 e. The van der Waals surface area contributed by atoms with E-state index in [1.165, 1.54) is 37.5 Å². The van der Waals surface area contributed by atoms with Crippen LogP contribution < -0.4 is 9.92 Å². The Morgan fingerprint density at radius 3 is 2.43 bits per heavy atom. The lowest BCUT2D eigenvalue weighted by molar-refractivity contribution is -0.188. The van der Waals surface area contributed by atoms with Gasteiger partial charge in [-0.1, -0.05) is 12.1 Å². The highest BCUT2D eigenvalue weighted by Gasteiger charge is 2.71. The largest absolute Gasteiger partial charge is 0.490 e. The van der Waals surface area contributed by atoms with Gasteiger partial charge in [-0.2, -0.15) is 8.42 Å². The number of carbonyl (C=O) groups excluding carboxylic acids is 4. The zero-order chi connectivity index (χ0) is 31.0. The predicted molar refractivity (Wildman–Crippen MR) is 143 cm³/mol. The fourth-order valence-corrected chi connectivity index (χ4v) is 6.94. The Hall–Kier alpha value is -3.77. The second-order valence-electron chi connectivity index (χ2n) is 9.36. The Morgan fingerprint density at radius 2 is 1.86 bits per heavy atom. The summed E-state index contributed by atoms with van der Waals surface area (Å²) in [5.41, 5.74) is 3.51. The molecule has 226 valence electrons. The topological polar surface area (TPSA) is 226 Å². The van der Waals surface area contributed by atoms with Crippen LogP contribution in [0.2, 0.25) is 0 Å². The number of fused-ring (bicyclic) bond motifs is 1. The van der Waals surface area contributed by atoms with E-state index in [0.29, 0.717) is 5.56 Å². The first-order valence-corrected chi connectivity index (χ1v) is 14.6. The molecule has 0 spiro atoms. The molecule has 2 bridgehead atoms. The molecule has 4 rings (SSSR count). The number of carboxylic acids is 1. The molecule has 0 radical (unpaired) electrons. The number of aliphatic carboxylic acids is 1. The van der Waals surface area contributed by atoms with Gasteiger partial charge in [-0.05, 0) is 36.6 Å². The summed E-state index contributed by atoms with van der Waals surface area (Å²) in [7, 11) is -2.43. The van der Waals surface area contributed by atoms with Crippen LogP contribution in [0.3, 0.4) is 0 Å². The third kappa shape index (κ3) is 5.65. The van der Waals surface area contributed by atoms with Crippen molar-refractivity contribution in [3.8, 4) is 5.75 Å². The van der Waals surface area contributed by atoms with Crippen molar-refractivity contribution < 1.29 is 60.4 Å². The second kappa shape index (κ2) is 11.8. The smallest absolute Gasteiger partial charge is 0.446 e. The number of methoxy groups -OCH3 is 2. The Balaban J connectivity index is 1.63. The Labute approximate surface area is 243 Å². The van der Waals surface area contributed by atoms with Crippen LogP contribution in [0.4, 0.5) is 0 Å². The number of hydrogen-bond acceptors (Lipinski definition) is 13. The van der Waals surface area contributed by atoms with Gasteiger partial charge < -0.3 is 29.2 Å². The van der Waals surface area contributed by atoms with Gasteiger partial charge in [0, 0.05) is 19.1 Å². The first-order chi connectivity index (χ1) is 19.7. The number of benzene rings is 1. The van der Waals surface area contributed by atoms with E-state index < -0.39 is 74.4 Å². The number of Topliss-reactive ketones (excluding diaryl/α,β-unsaturated/α-hetero) is 2. The molecule has 2 saturated heterocycles. The average Bonchev–Trinajstić information content (AvgIpc) is 2.93. The number of carboxylic acid groups (broad SMARTS) is 1. The number of nitrogens with two attached hydrogens (primary N) is 1. The molecule has 1 aromatic carbocycles. The van der Waals surface area contributed by atoms with Gasteiger partial charge >= 0.3 is 22.3 Å². The second-order valence-corrected chi connectivity index (χ2v) is 11.6. The van der Waals surface area contributed by atoms with Crippen LogP contribution in [-0.4, -0.2) is 95.5 Å². The van der Waals surface area contributed by atoms with Crippen LogP contribution >= 0.6 is 11.8 Å². The maximum absolute atomic E-state index is 13.3. The highest BCUT2D eigenvalue weighted by atomic mass is 32.3. The molecule has 17 heteroatoms. The fourth-order valence-electron chi connectivity index (χ4n) is 4.88. The number of rotatable bonds is 9. The molecule has 3 heterocycles. The van der Waals surface area contributed by atoms with Gasteiger partial charge in [0.1, 0.15) is 29.2 Å². The summed E-state index contributed by atoms with van der Waals surface area (Å²) in [5.74, 6) is -5.22. The highest BCUT2D eigenvalue weighted by molar-refractivity contribution is 8.01. The fraction of sp³-hybridized carbons (Fsp3) is 0.400. The molecule has 15 nitrogen and oxygen atoms in total. The molecule has 3 aliphatic rings. The predicted octanol–water partition coefficient (Wildman–Crippen LogP) is 0.0557. The normalized spacial score (nSPS) is 26.4. The third-order valence-electron chi connectivity index (χ3n) is 6.86. The van der Waals surface area contributed by atoms with Crippen LogP contribution in [0.5, 0.6) is 5.75 Å². The summed E-state index contributed by atoms with van der Waals surface area (Å²) in [5, 5.41) is 7.73. The average molecular weight is 627 g/mol. The van der Waals surface area contributed by atoms with Gasteiger partial charge in [-0.3, -0.25) is 23.8 Å². The van der Waals surface area contributed by atoms with Crippen molar-refractivity contribution in [3.63, 3.8) is 0 Å². The number of hydrogen-bond donors (Lipinski definition) is 3. The van der Waals surface area contributed by atoms with Crippen LogP contribution in [0.1, 0.15) is 24.8 Å². The summed E-state index contributed by atoms with van der Waals surface area (Å²) in [6, 6.07) is 4.00. The van der Waals surface area contributed by atoms with Crippen LogP contribution in [0.15, 0.2) is 41.3 Å². The summed E-state index contributed by atoms with van der Waals surface area (Å²) in [4.78, 5) is 65.8. The molecule has 0 aromatic heterocycles. The number of carbonyl (C=O) groups is 5. The minimum absolute atomic E-state index is 0.0375. The number of β-lactam (4-membered cyclic amide) rings is 1. The first kappa shape index (κ1) is 31.2. The summed E-state index contributed by atoms with van der Waals surface area (Å²) in [6.07, 6.45) is 1.50. The molecule has 0 saturated carbocycles. The van der Waals surface area contributed by atoms with E-state index in [-0.39, 0.29) is 36.3 Å². The summed E-state index contributed by atoms with van der Waals surface area (Å²) < 4.78 is 50.6. The van der Waals surface area contributed by atoms with Crippen LogP contribution in [0, 0.1) is 0 Å². The van der Waals surface area contributed by atoms with Crippen molar-refractivity contribution in [1.29, 1.82) is 0 Å². The molecule has 1 amide bonds. The molecule has 42 heavy (non-hydrogen) atoms. The minimum Gasteiger partial charge on any atom is -0.490 e. The van der Waals surface area contributed by atoms with E-state index in [4.69, 9.17) is 24.5 Å². The molecule has 4 atom stereocenters. The summed E-state index contributed by atoms with van der Waals surface area (Å²) in [6.45, 7) is -0.699. The van der Waals surface area contributed by atoms with Crippen LogP contribution in [0.25, 0.3) is 6.08 Å². The maximum atomic E-state index is 13.3. The number of esters is 1. The van der Waals surface area contributed by atoms with Crippen molar-refractivity contribution in [2.45, 2.75) is 41.5 Å². The summed E-state index contributed by atoms with van der Waals surface area (Å²) >= 11 is 0.855. The van der Waals surface area contributed by atoms with Crippen molar-refractivity contribution >= 4 is 57.6 Å². The van der Waals surface area contributed by atoms with Gasteiger partial charge in [-0.15, -0.1) is 11.8 Å². The van der Waals surface area contributed by atoms with E-state index >= 15 is 0 Å². The molecular formula is C25H26N2O13S2. The molecule has 2 unspecified atom stereocenters. The zero-order valence-electron chi connectivity index (χ0n) is 22.2. The van der Waals surface area contributed by atoms with Crippen molar-refractivity contribution in [3.05, 3.63) is 46.9 Å². The lowest BCUT2D eigenvalue weighted by Gasteiger charge is -2.56. The number of ketones is 2. The molecule has 3 aliphatic heterocycles. The standard InChI is InChI=1S/C25H26N2O13S2/c1-37-17(10-12-6-8-13(9-7-12)40-42(34,35)36)22(32)39-11-14-18(21(30)31)27-23(33)25(38-2)20(29)15(26)4-3-5-16(28)19(14)41-24(25)27/h6-10,15,19,24H,3-5,11,26H2,1-2H3,(H,30,31)(H,34,35,36)/t15?,19?,24-,25+/m0/s1. The van der Waals surface area contributed by atoms with E-state index in [9.17, 15) is 37.5 Å². The molecule has 4 N–H and O–H groups in total. The molecule has 1 aromatic rings. The van der Waals surface area contributed by atoms with E-state index in [2.05, 4.69) is 4.18 Å². The monoisotopic (exact) mass is 626 g/mol. The van der Waals surface area contributed by atoms with Gasteiger partial charge in [-0.25, -0.2) is 9.59 Å². The Morgan fingerprint density at radius 1 is 1.19 bits per heavy atom. The van der Waals surface area contributed by atoms with E-state index in [1.807, 2.05) is 0 Å². The first-order valence-electron chi connectivity index (χ1n) is 12.3. The van der Waals surface area contributed by atoms with Crippen molar-refractivity contribution in [2.24, 2.45) is 5.73 Å². The molecule has 0 aliphatic carbocycles. The number of amides is 1. The highest BCUT2D eigenvalue weighted by Crippen LogP contribution is 2.52. The SMILES string of the molecule is COC(=Cc1ccc(OS(=O)(=O)O)cc1)C(=O)OCC1=C(C(=O)O)N2C(=O)[C@]3(OC)C(=O)C(N)CCCC(=O)C1S[C@H]23. The lowest BCUT2D eigenvalue weighted by atomic mass is 9.80. The molecule has 2 fully saturated rings. The van der Waals surface area contributed by atoms with Gasteiger partial charge in [0.15, 0.2) is 5.78 Å². The zero-order valence-corrected chi connectivity index (χ0v) is 23.8. The quantitative estimate of drug-likeness (QED) is 0.0822.